The van der Waals surface area contributed by atoms with Crippen molar-refractivity contribution in [2.75, 3.05) is 11.6 Å². The molecule has 0 spiro atoms. The third-order valence-electron chi connectivity index (χ3n) is 3.57. The van der Waals surface area contributed by atoms with Crippen LogP contribution in [0.5, 0.6) is 5.75 Å². The highest BCUT2D eigenvalue weighted by atomic mass is 32.2. The number of carbonyl (C=O) groups excluding carboxylic acids is 1. The quantitative estimate of drug-likeness (QED) is 0.594. The number of hydrogen-bond acceptors (Lipinski definition) is 5. The number of benzene rings is 1. The molecular formula is C17H18F3N3O2S. The van der Waals surface area contributed by atoms with Crippen LogP contribution in [0.3, 0.4) is 0 Å². The predicted molar refractivity (Wildman–Crippen MR) is 93.4 cm³/mol. The Kier molecular flexibility index (Phi) is 6.47. The molecule has 0 aliphatic rings. The lowest BCUT2D eigenvalue weighted by Gasteiger charge is -2.14. The smallest absolute Gasteiger partial charge is 0.404 e. The zero-order valence-corrected chi connectivity index (χ0v) is 15.3. The lowest BCUT2D eigenvalue weighted by Crippen LogP contribution is -2.20. The van der Waals surface area contributed by atoms with Crippen LogP contribution in [0.2, 0.25) is 0 Å². The number of nitrogens with one attached hydrogen (secondary N) is 1. The summed E-state index contributed by atoms with van der Waals surface area (Å²) in [6.45, 7) is 3.68. The van der Waals surface area contributed by atoms with Crippen LogP contribution in [0.4, 0.5) is 18.9 Å². The summed E-state index contributed by atoms with van der Waals surface area (Å²) in [5, 5.41) is 3.11. The summed E-state index contributed by atoms with van der Waals surface area (Å²) in [6.07, 6.45) is -2.47. The molecule has 0 radical (unpaired) electrons. The Bertz CT molecular complexity index is 774. The number of alkyl halides is 3. The molecule has 1 amide bonds. The second-order valence-corrected chi connectivity index (χ2v) is 6.23. The minimum absolute atomic E-state index is 0.0303. The van der Waals surface area contributed by atoms with Crippen LogP contribution >= 0.6 is 11.8 Å². The number of halogens is 3. The minimum Gasteiger partial charge on any atom is -0.404 e. The SMILES string of the molecule is CSc1nc(C)c(CCC(=O)Nc2ccccc2OC(F)(F)F)c(C)n1. The van der Waals surface area contributed by atoms with E-state index in [0.29, 0.717) is 11.6 Å². The number of carbonyl (C=O) groups is 1. The van der Waals surface area contributed by atoms with Gasteiger partial charge in [0.15, 0.2) is 10.9 Å². The van der Waals surface area contributed by atoms with E-state index in [1.807, 2.05) is 20.1 Å². The van der Waals surface area contributed by atoms with E-state index in [1.54, 1.807) is 0 Å². The highest BCUT2D eigenvalue weighted by Crippen LogP contribution is 2.30. The van der Waals surface area contributed by atoms with Crippen LogP contribution in [-0.2, 0) is 11.2 Å². The Balaban J connectivity index is 2.05. The normalized spacial score (nSPS) is 11.3. The van der Waals surface area contributed by atoms with E-state index in [1.165, 1.54) is 30.0 Å². The molecule has 2 rings (SSSR count). The summed E-state index contributed by atoms with van der Waals surface area (Å²) in [4.78, 5) is 20.8. The standard InChI is InChI=1S/C17H18F3N3O2S/c1-10-12(11(2)22-16(21-10)26-3)8-9-15(24)23-13-6-4-5-7-14(13)25-17(18,19)20/h4-7H,8-9H2,1-3H3,(H,23,24). The Hall–Kier alpha value is -2.29. The average molecular weight is 385 g/mol. The molecule has 26 heavy (non-hydrogen) atoms. The van der Waals surface area contributed by atoms with Crippen LogP contribution in [0.1, 0.15) is 23.4 Å². The van der Waals surface area contributed by atoms with Crippen molar-refractivity contribution >= 4 is 23.4 Å². The molecule has 0 fully saturated rings. The number of anilines is 1. The molecule has 0 unspecified atom stereocenters. The maximum atomic E-state index is 12.4. The van der Waals surface area contributed by atoms with Gasteiger partial charge in [0.25, 0.3) is 0 Å². The van der Waals surface area contributed by atoms with E-state index in [-0.39, 0.29) is 12.1 Å². The molecule has 140 valence electrons. The van der Waals surface area contributed by atoms with Gasteiger partial charge >= 0.3 is 6.36 Å². The molecule has 0 saturated heterocycles. The molecule has 9 heteroatoms. The van der Waals surface area contributed by atoms with Crippen molar-refractivity contribution in [1.82, 2.24) is 9.97 Å². The van der Waals surface area contributed by atoms with Gasteiger partial charge in [0.1, 0.15) is 0 Å². The summed E-state index contributed by atoms with van der Waals surface area (Å²) in [6, 6.07) is 5.41. The Morgan fingerprint density at radius 3 is 2.38 bits per heavy atom. The van der Waals surface area contributed by atoms with Gasteiger partial charge in [-0.15, -0.1) is 13.2 Å². The van der Waals surface area contributed by atoms with Gasteiger partial charge in [-0.25, -0.2) is 9.97 Å². The van der Waals surface area contributed by atoms with E-state index >= 15 is 0 Å². The molecule has 1 aromatic heterocycles. The van der Waals surface area contributed by atoms with Gasteiger partial charge in [0, 0.05) is 17.8 Å². The first kappa shape index (κ1) is 20.0. The van der Waals surface area contributed by atoms with Crippen LogP contribution in [0, 0.1) is 13.8 Å². The monoisotopic (exact) mass is 385 g/mol. The average Bonchev–Trinajstić information content (AvgIpc) is 2.54. The first-order valence-electron chi connectivity index (χ1n) is 7.72. The molecule has 0 atom stereocenters. The fraction of sp³-hybridized carbons (Fsp3) is 0.353. The van der Waals surface area contributed by atoms with Crippen molar-refractivity contribution in [2.45, 2.75) is 38.2 Å². The summed E-state index contributed by atoms with van der Waals surface area (Å²) in [5.74, 6) is -0.871. The van der Waals surface area contributed by atoms with Crippen molar-refractivity contribution in [3.05, 3.63) is 41.2 Å². The van der Waals surface area contributed by atoms with Gasteiger partial charge in [0.2, 0.25) is 5.91 Å². The Labute approximate surface area is 153 Å². The number of para-hydroxylation sites is 2. The third kappa shape index (κ3) is 5.62. The number of thioether (sulfide) groups is 1. The van der Waals surface area contributed by atoms with Crippen LogP contribution in [0.15, 0.2) is 29.4 Å². The first-order chi connectivity index (χ1) is 12.2. The number of hydrogen-bond donors (Lipinski definition) is 1. The molecule has 5 nitrogen and oxygen atoms in total. The van der Waals surface area contributed by atoms with Crippen molar-refractivity contribution in [1.29, 1.82) is 0 Å². The van der Waals surface area contributed by atoms with E-state index in [9.17, 15) is 18.0 Å². The van der Waals surface area contributed by atoms with Crippen molar-refractivity contribution in [3.8, 4) is 5.75 Å². The number of aryl methyl sites for hydroxylation is 2. The summed E-state index contributed by atoms with van der Waals surface area (Å²) in [5.41, 5.74) is 2.40. The Morgan fingerprint density at radius 2 is 1.81 bits per heavy atom. The van der Waals surface area contributed by atoms with Crippen molar-refractivity contribution < 1.29 is 22.7 Å². The first-order valence-corrected chi connectivity index (χ1v) is 8.95. The fourth-order valence-electron chi connectivity index (χ4n) is 2.40. The lowest BCUT2D eigenvalue weighted by atomic mass is 10.1. The molecule has 0 aliphatic carbocycles. The molecular weight excluding hydrogens is 367 g/mol. The van der Waals surface area contributed by atoms with Gasteiger partial charge < -0.3 is 10.1 Å². The van der Waals surface area contributed by atoms with Crippen LogP contribution < -0.4 is 10.1 Å². The van der Waals surface area contributed by atoms with Crippen molar-refractivity contribution in [3.63, 3.8) is 0 Å². The van der Waals surface area contributed by atoms with Crippen LogP contribution in [0.25, 0.3) is 0 Å². The number of ether oxygens (including phenoxy) is 1. The zero-order valence-electron chi connectivity index (χ0n) is 14.5. The fourth-order valence-corrected chi connectivity index (χ4v) is 2.85. The van der Waals surface area contributed by atoms with E-state index in [2.05, 4.69) is 20.0 Å². The number of nitrogens with zero attached hydrogens (tertiary/aromatic N) is 2. The third-order valence-corrected chi connectivity index (χ3v) is 4.12. The van der Waals surface area contributed by atoms with Gasteiger partial charge in [-0.3, -0.25) is 4.79 Å². The zero-order chi connectivity index (χ0) is 19.3. The number of aromatic nitrogens is 2. The second-order valence-electron chi connectivity index (χ2n) is 5.45. The maximum absolute atomic E-state index is 12.4. The van der Waals surface area contributed by atoms with Crippen molar-refractivity contribution in [2.24, 2.45) is 0 Å². The highest BCUT2D eigenvalue weighted by Gasteiger charge is 2.32. The van der Waals surface area contributed by atoms with E-state index in [0.717, 1.165) is 23.0 Å². The van der Waals surface area contributed by atoms with E-state index < -0.39 is 18.0 Å². The maximum Gasteiger partial charge on any atom is 0.573 e. The summed E-state index contributed by atoms with van der Waals surface area (Å²) >= 11 is 1.43. The van der Waals surface area contributed by atoms with Gasteiger partial charge in [-0.2, -0.15) is 0 Å². The van der Waals surface area contributed by atoms with Gasteiger partial charge in [-0.05, 0) is 44.2 Å². The number of amides is 1. The minimum atomic E-state index is -4.83. The molecule has 0 aliphatic heterocycles. The second kappa shape index (κ2) is 8.39. The largest absolute Gasteiger partial charge is 0.573 e. The van der Waals surface area contributed by atoms with Crippen LogP contribution in [-0.4, -0.2) is 28.5 Å². The molecule has 2 aromatic rings. The lowest BCUT2D eigenvalue weighted by molar-refractivity contribution is -0.274. The summed E-state index contributed by atoms with van der Waals surface area (Å²) in [7, 11) is 0. The molecule has 1 heterocycles. The highest BCUT2D eigenvalue weighted by molar-refractivity contribution is 7.98. The topological polar surface area (TPSA) is 64.1 Å². The van der Waals surface area contributed by atoms with Gasteiger partial charge in [0.05, 0.1) is 5.69 Å². The molecule has 0 bridgehead atoms. The molecule has 0 saturated carbocycles. The predicted octanol–water partition coefficient (Wildman–Crippen LogP) is 4.29. The number of rotatable bonds is 6. The Morgan fingerprint density at radius 1 is 1.19 bits per heavy atom. The molecule has 1 aromatic carbocycles. The molecule has 1 N–H and O–H groups in total. The summed E-state index contributed by atoms with van der Waals surface area (Å²) < 4.78 is 41.2. The van der Waals surface area contributed by atoms with E-state index in [4.69, 9.17) is 0 Å². The van der Waals surface area contributed by atoms with Gasteiger partial charge in [-0.1, -0.05) is 23.9 Å².